The summed E-state index contributed by atoms with van der Waals surface area (Å²) >= 11 is 7.29. The molecule has 2 N–H and O–H groups in total. The molecule has 0 amide bonds. The van der Waals surface area contributed by atoms with Crippen molar-refractivity contribution in [3.05, 3.63) is 31.2 Å². The van der Waals surface area contributed by atoms with Gasteiger partial charge in [-0.15, -0.1) is 0 Å². The summed E-state index contributed by atoms with van der Waals surface area (Å²) in [7, 11) is 0. The number of phenolic OH excluding ortho intramolecular Hbond substituents is 2. The van der Waals surface area contributed by atoms with E-state index < -0.39 is 0 Å². The first kappa shape index (κ1) is 19.4. The molecule has 1 heterocycles. The molecule has 0 atom stereocenters. The van der Waals surface area contributed by atoms with Crippen LogP contribution in [0.1, 0.15) is 49.9 Å². The van der Waals surface area contributed by atoms with Crippen LogP contribution in [-0.4, -0.2) is 10.2 Å². The van der Waals surface area contributed by atoms with E-state index in [1.54, 1.807) is 0 Å². The standard InChI is InChI=1S/C20H22Br2O4/c1-5-9-10(6-2)17-20(14(22)13(9)21)26-19-12(8-4)16(24)15(23)11(7-3)18(19)25-17/h23-24H,5-8H2,1-4H3. The van der Waals surface area contributed by atoms with Crippen molar-refractivity contribution in [2.24, 2.45) is 0 Å². The van der Waals surface area contributed by atoms with Crippen molar-refractivity contribution in [2.75, 3.05) is 0 Å². The van der Waals surface area contributed by atoms with Crippen LogP contribution in [-0.2, 0) is 25.7 Å². The maximum absolute atomic E-state index is 10.4. The Hall–Kier alpha value is -1.40. The molecule has 1 aliphatic rings. The summed E-state index contributed by atoms with van der Waals surface area (Å²) in [4.78, 5) is 0. The van der Waals surface area contributed by atoms with Gasteiger partial charge in [-0.25, -0.2) is 0 Å². The van der Waals surface area contributed by atoms with E-state index >= 15 is 0 Å². The predicted molar refractivity (Wildman–Crippen MR) is 109 cm³/mol. The second kappa shape index (κ2) is 7.31. The second-order valence-corrected chi connectivity index (χ2v) is 7.76. The average Bonchev–Trinajstić information content (AvgIpc) is 2.65. The molecule has 140 valence electrons. The molecule has 0 saturated carbocycles. The summed E-state index contributed by atoms with van der Waals surface area (Å²) < 4.78 is 14.3. The second-order valence-electron chi connectivity index (χ2n) is 6.17. The molecular formula is C20H22Br2O4. The third-order valence-corrected chi connectivity index (χ3v) is 7.04. The number of hydrogen-bond acceptors (Lipinski definition) is 4. The number of hydrogen-bond donors (Lipinski definition) is 2. The quantitative estimate of drug-likeness (QED) is 0.400. The summed E-state index contributed by atoms with van der Waals surface area (Å²) in [6.45, 7) is 8.00. The van der Waals surface area contributed by atoms with Crippen molar-refractivity contribution in [3.8, 4) is 34.5 Å². The highest BCUT2D eigenvalue weighted by Gasteiger charge is 2.33. The van der Waals surface area contributed by atoms with E-state index in [4.69, 9.17) is 9.47 Å². The molecule has 26 heavy (non-hydrogen) atoms. The molecule has 0 fully saturated rings. The van der Waals surface area contributed by atoms with Crippen molar-refractivity contribution >= 4 is 31.9 Å². The van der Waals surface area contributed by atoms with Gasteiger partial charge in [0.15, 0.2) is 34.5 Å². The molecule has 4 nitrogen and oxygen atoms in total. The fraction of sp³-hybridized carbons (Fsp3) is 0.400. The third-order valence-electron chi connectivity index (χ3n) is 4.87. The van der Waals surface area contributed by atoms with E-state index in [2.05, 4.69) is 45.7 Å². The van der Waals surface area contributed by atoms with Crippen molar-refractivity contribution in [1.29, 1.82) is 0 Å². The molecule has 0 saturated heterocycles. The Balaban J connectivity index is 2.35. The summed E-state index contributed by atoms with van der Waals surface area (Å²) in [5, 5.41) is 20.9. The summed E-state index contributed by atoms with van der Waals surface area (Å²) in [6, 6.07) is 0. The highest BCUT2D eigenvalue weighted by atomic mass is 79.9. The Morgan fingerprint density at radius 2 is 0.962 bits per heavy atom. The first-order chi connectivity index (χ1) is 12.4. The Kier molecular flexibility index (Phi) is 5.45. The minimum atomic E-state index is -0.133. The van der Waals surface area contributed by atoms with Crippen LogP contribution in [0.15, 0.2) is 8.95 Å². The minimum absolute atomic E-state index is 0.125. The van der Waals surface area contributed by atoms with Crippen LogP contribution in [0.3, 0.4) is 0 Å². The van der Waals surface area contributed by atoms with Crippen LogP contribution >= 0.6 is 31.9 Å². The Morgan fingerprint density at radius 1 is 0.577 bits per heavy atom. The molecule has 0 bridgehead atoms. The normalized spacial score (nSPS) is 12.2. The summed E-state index contributed by atoms with van der Waals surface area (Å²) in [5.41, 5.74) is 3.35. The molecule has 0 aliphatic carbocycles. The van der Waals surface area contributed by atoms with Crippen LogP contribution in [0.25, 0.3) is 0 Å². The van der Waals surface area contributed by atoms with E-state index in [1.165, 1.54) is 5.56 Å². The zero-order valence-electron chi connectivity index (χ0n) is 15.3. The molecule has 3 rings (SSSR count). The molecule has 1 aliphatic heterocycles. The van der Waals surface area contributed by atoms with Crippen molar-refractivity contribution < 1.29 is 19.7 Å². The number of halogens is 2. The Bertz CT molecular complexity index is 891. The first-order valence-corrected chi connectivity index (χ1v) is 10.5. The molecule has 0 aromatic heterocycles. The minimum Gasteiger partial charge on any atom is -0.504 e. The SMILES string of the molecule is CCc1c(Br)c(Br)c2c(c1CC)Oc1c(CC)c(O)c(O)c(CC)c1O2. The van der Waals surface area contributed by atoms with E-state index in [1.807, 2.05) is 13.8 Å². The number of aromatic hydroxyl groups is 2. The van der Waals surface area contributed by atoms with E-state index in [0.29, 0.717) is 47.0 Å². The van der Waals surface area contributed by atoms with Gasteiger partial charge in [0.2, 0.25) is 0 Å². The third kappa shape index (κ3) is 2.69. The first-order valence-electron chi connectivity index (χ1n) is 8.88. The Morgan fingerprint density at radius 3 is 1.38 bits per heavy atom. The fourth-order valence-corrected chi connectivity index (χ4v) is 4.73. The van der Waals surface area contributed by atoms with Crippen LogP contribution < -0.4 is 9.47 Å². The van der Waals surface area contributed by atoms with Crippen molar-refractivity contribution in [1.82, 2.24) is 0 Å². The van der Waals surface area contributed by atoms with Gasteiger partial charge in [0, 0.05) is 21.2 Å². The lowest BCUT2D eigenvalue weighted by molar-refractivity contribution is 0.332. The van der Waals surface area contributed by atoms with Crippen molar-refractivity contribution in [3.63, 3.8) is 0 Å². The van der Waals surface area contributed by atoms with E-state index in [9.17, 15) is 10.2 Å². The molecular weight excluding hydrogens is 464 g/mol. The number of ether oxygens (including phenoxy) is 2. The predicted octanol–water partition coefficient (Wildman–Crippen LogP) is 6.77. The topological polar surface area (TPSA) is 58.9 Å². The monoisotopic (exact) mass is 484 g/mol. The van der Waals surface area contributed by atoms with Gasteiger partial charge in [-0.05, 0) is 63.1 Å². The molecule has 0 radical (unpaired) electrons. The lowest BCUT2D eigenvalue weighted by atomic mass is 9.98. The lowest BCUT2D eigenvalue weighted by Gasteiger charge is -2.29. The van der Waals surface area contributed by atoms with Gasteiger partial charge in [0.25, 0.3) is 0 Å². The maximum atomic E-state index is 10.4. The fourth-order valence-electron chi connectivity index (χ4n) is 3.53. The number of phenols is 2. The van der Waals surface area contributed by atoms with Crippen LogP contribution in [0.4, 0.5) is 0 Å². The van der Waals surface area contributed by atoms with Crippen LogP contribution in [0.2, 0.25) is 0 Å². The van der Waals surface area contributed by atoms with Gasteiger partial charge in [-0.2, -0.15) is 0 Å². The molecule has 6 heteroatoms. The number of fused-ring (bicyclic) bond motifs is 2. The van der Waals surface area contributed by atoms with Gasteiger partial charge in [-0.3, -0.25) is 0 Å². The lowest BCUT2D eigenvalue weighted by Crippen LogP contribution is -2.09. The number of rotatable bonds is 4. The molecule has 0 unspecified atom stereocenters. The van der Waals surface area contributed by atoms with Gasteiger partial charge in [0.05, 0.1) is 4.47 Å². The van der Waals surface area contributed by atoms with E-state index in [0.717, 1.165) is 27.4 Å². The zero-order chi connectivity index (χ0) is 19.2. The molecule has 2 aromatic carbocycles. The van der Waals surface area contributed by atoms with Crippen LogP contribution in [0.5, 0.6) is 34.5 Å². The van der Waals surface area contributed by atoms with Crippen molar-refractivity contribution in [2.45, 2.75) is 53.4 Å². The van der Waals surface area contributed by atoms with Gasteiger partial charge in [0.1, 0.15) is 0 Å². The highest BCUT2D eigenvalue weighted by Crippen LogP contribution is 2.59. The Labute approximate surface area is 170 Å². The number of benzene rings is 2. The van der Waals surface area contributed by atoms with Gasteiger partial charge in [-0.1, -0.05) is 27.7 Å². The van der Waals surface area contributed by atoms with Gasteiger partial charge >= 0.3 is 0 Å². The largest absolute Gasteiger partial charge is 0.504 e. The smallest absolute Gasteiger partial charge is 0.185 e. The zero-order valence-corrected chi connectivity index (χ0v) is 18.5. The summed E-state index contributed by atoms with van der Waals surface area (Å²) in [6.07, 6.45) is 2.68. The average molecular weight is 486 g/mol. The highest BCUT2D eigenvalue weighted by molar-refractivity contribution is 9.13. The van der Waals surface area contributed by atoms with Gasteiger partial charge < -0.3 is 19.7 Å². The summed E-state index contributed by atoms with van der Waals surface area (Å²) in [5.74, 6) is 1.99. The van der Waals surface area contributed by atoms with Crippen LogP contribution in [0, 0.1) is 0 Å². The molecule has 2 aromatic rings. The maximum Gasteiger partial charge on any atom is 0.185 e. The van der Waals surface area contributed by atoms with E-state index in [-0.39, 0.29) is 11.5 Å². The molecule has 0 spiro atoms.